The second-order valence-electron chi connectivity index (χ2n) is 5.69. The lowest BCUT2D eigenvalue weighted by Gasteiger charge is -2.15. The van der Waals surface area contributed by atoms with Gasteiger partial charge in [0.2, 0.25) is 5.91 Å². The number of carbonyl (C=O) groups excluding carboxylic acids is 2. The average molecular weight is 363 g/mol. The molecule has 0 aromatic heterocycles. The molecular weight excluding hydrogens is 347 g/mol. The highest BCUT2D eigenvalue weighted by atomic mass is 35.5. The molecule has 2 aromatic carbocycles. The van der Waals surface area contributed by atoms with Gasteiger partial charge in [-0.15, -0.1) is 0 Å². The van der Waals surface area contributed by atoms with Crippen LogP contribution in [0.2, 0.25) is 10.0 Å². The van der Waals surface area contributed by atoms with E-state index in [1.165, 1.54) is 0 Å². The topological polar surface area (TPSA) is 49.4 Å². The summed E-state index contributed by atoms with van der Waals surface area (Å²) in [4.78, 5) is 25.8. The molecule has 0 bridgehead atoms. The summed E-state index contributed by atoms with van der Waals surface area (Å²) in [6.45, 7) is 1.39. The summed E-state index contributed by atoms with van der Waals surface area (Å²) in [7, 11) is 0. The molecule has 0 radical (unpaired) electrons. The van der Waals surface area contributed by atoms with Gasteiger partial charge in [-0.3, -0.25) is 9.59 Å². The van der Waals surface area contributed by atoms with Crippen LogP contribution in [0.25, 0.3) is 0 Å². The van der Waals surface area contributed by atoms with Gasteiger partial charge in [-0.25, -0.2) is 0 Å². The van der Waals surface area contributed by atoms with Crippen LogP contribution in [0.3, 0.4) is 0 Å². The molecule has 3 rings (SSSR count). The van der Waals surface area contributed by atoms with Crippen LogP contribution in [0.15, 0.2) is 42.5 Å². The first-order chi connectivity index (χ1) is 11.5. The van der Waals surface area contributed by atoms with Gasteiger partial charge in [0.15, 0.2) is 0 Å². The van der Waals surface area contributed by atoms with Crippen LogP contribution in [0.1, 0.15) is 28.8 Å². The third-order valence-corrected chi connectivity index (χ3v) is 4.49. The van der Waals surface area contributed by atoms with Gasteiger partial charge in [-0.05, 0) is 42.3 Å². The zero-order valence-electron chi connectivity index (χ0n) is 12.9. The van der Waals surface area contributed by atoms with E-state index in [0.29, 0.717) is 34.3 Å². The minimum Gasteiger partial charge on any atom is -0.338 e. The van der Waals surface area contributed by atoms with Gasteiger partial charge < -0.3 is 10.2 Å². The molecule has 4 nitrogen and oxygen atoms in total. The van der Waals surface area contributed by atoms with Gasteiger partial charge in [-0.1, -0.05) is 35.3 Å². The van der Waals surface area contributed by atoms with E-state index >= 15 is 0 Å². The van der Waals surface area contributed by atoms with Crippen molar-refractivity contribution in [1.82, 2.24) is 4.90 Å². The largest absolute Gasteiger partial charge is 0.338 e. The van der Waals surface area contributed by atoms with Gasteiger partial charge in [0, 0.05) is 30.1 Å². The second-order valence-corrected chi connectivity index (χ2v) is 6.54. The van der Waals surface area contributed by atoms with Gasteiger partial charge in [0.1, 0.15) is 0 Å². The quantitative estimate of drug-likeness (QED) is 0.877. The number of nitrogens with one attached hydrogen (secondary N) is 1. The number of anilines is 1. The number of carbonyl (C=O) groups is 2. The zero-order valence-corrected chi connectivity index (χ0v) is 14.4. The van der Waals surface area contributed by atoms with Crippen LogP contribution in [0.5, 0.6) is 0 Å². The molecule has 1 saturated heterocycles. The van der Waals surface area contributed by atoms with E-state index in [1.54, 1.807) is 30.3 Å². The third kappa shape index (κ3) is 3.89. The number of benzene rings is 2. The molecule has 0 spiro atoms. The maximum Gasteiger partial charge on any atom is 0.255 e. The van der Waals surface area contributed by atoms with Crippen LogP contribution in [-0.2, 0) is 11.3 Å². The number of hydrogen-bond donors (Lipinski definition) is 1. The second kappa shape index (κ2) is 7.24. The van der Waals surface area contributed by atoms with E-state index in [-0.39, 0.29) is 11.8 Å². The van der Waals surface area contributed by atoms with Crippen LogP contribution in [-0.4, -0.2) is 23.3 Å². The van der Waals surface area contributed by atoms with E-state index in [1.807, 2.05) is 17.0 Å². The molecule has 6 heteroatoms. The summed E-state index contributed by atoms with van der Waals surface area (Å²) in [5.74, 6) is -0.0581. The fraction of sp³-hybridized carbons (Fsp3) is 0.222. The molecule has 1 N–H and O–H groups in total. The molecule has 2 aromatic rings. The van der Waals surface area contributed by atoms with E-state index in [4.69, 9.17) is 23.2 Å². The molecule has 0 saturated carbocycles. The lowest BCUT2D eigenvalue weighted by molar-refractivity contribution is -0.128. The molecule has 1 aliphatic rings. The maximum absolute atomic E-state index is 12.3. The lowest BCUT2D eigenvalue weighted by atomic mass is 10.1. The number of amides is 2. The van der Waals surface area contributed by atoms with Crippen molar-refractivity contribution in [3.8, 4) is 0 Å². The van der Waals surface area contributed by atoms with Crippen LogP contribution < -0.4 is 5.32 Å². The fourth-order valence-electron chi connectivity index (χ4n) is 2.64. The van der Waals surface area contributed by atoms with Gasteiger partial charge >= 0.3 is 0 Å². The smallest absolute Gasteiger partial charge is 0.255 e. The summed E-state index contributed by atoms with van der Waals surface area (Å²) < 4.78 is 0. The molecule has 124 valence electrons. The Morgan fingerprint density at radius 1 is 1.12 bits per heavy atom. The average Bonchev–Trinajstić information content (AvgIpc) is 2.96. The zero-order chi connectivity index (χ0) is 17.1. The molecule has 2 amide bonds. The van der Waals surface area contributed by atoms with E-state index in [2.05, 4.69) is 5.32 Å². The van der Waals surface area contributed by atoms with Crippen molar-refractivity contribution in [2.24, 2.45) is 0 Å². The predicted octanol–water partition coefficient (Wildman–Crippen LogP) is 4.37. The number of hydrogen-bond acceptors (Lipinski definition) is 2. The molecular formula is C18H16Cl2N2O2. The number of nitrogens with zero attached hydrogens (tertiary/aromatic N) is 1. The van der Waals surface area contributed by atoms with Crippen molar-refractivity contribution in [3.63, 3.8) is 0 Å². The molecule has 24 heavy (non-hydrogen) atoms. The van der Waals surface area contributed by atoms with Crippen LogP contribution >= 0.6 is 23.2 Å². The van der Waals surface area contributed by atoms with Crippen molar-refractivity contribution in [1.29, 1.82) is 0 Å². The SMILES string of the molecule is O=C(Nc1ccc(Cl)cc1Cl)c1ccc(CN2CCCC2=O)cc1. The first-order valence-electron chi connectivity index (χ1n) is 7.66. The summed E-state index contributed by atoms with van der Waals surface area (Å²) in [5.41, 5.74) is 2.04. The highest BCUT2D eigenvalue weighted by molar-refractivity contribution is 6.36. The van der Waals surface area contributed by atoms with Crippen molar-refractivity contribution >= 4 is 40.7 Å². The lowest BCUT2D eigenvalue weighted by Crippen LogP contribution is -2.23. The first kappa shape index (κ1) is 16.8. The Bertz CT molecular complexity index is 775. The maximum atomic E-state index is 12.3. The predicted molar refractivity (Wildman–Crippen MR) is 95.5 cm³/mol. The minimum atomic E-state index is -0.247. The Kier molecular flexibility index (Phi) is 5.07. The summed E-state index contributed by atoms with van der Waals surface area (Å²) in [6.07, 6.45) is 1.55. The molecule has 1 fully saturated rings. The Hall–Kier alpha value is -2.04. The molecule has 0 aliphatic carbocycles. The normalized spacial score (nSPS) is 14.1. The monoisotopic (exact) mass is 362 g/mol. The Labute approximate surface area is 150 Å². The van der Waals surface area contributed by atoms with Crippen molar-refractivity contribution in [3.05, 3.63) is 63.6 Å². The van der Waals surface area contributed by atoms with Crippen molar-refractivity contribution in [2.75, 3.05) is 11.9 Å². The molecule has 0 unspecified atom stereocenters. The summed E-state index contributed by atoms with van der Waals surface area (Å²) in [6, 6.07) is 12.1. The van der Waals surface area contributed by atoms with E-state index in [9.17, 15) is 9.59 Å². The van der Waals surface area contributed by atoms with Gasteiger partial charge in [0.05, 0.1) is 10.7 Å². The number of rotatable bonds is 4. The Morgan fingerprint density at radius 2 is 1.88 bits per heavy atom. The molecule has 1 heterocycles. The standard InChI is InChI=1S/C18H16Cl2N2O2/c19-14-7-8-16(15(20)10-14)21-18(24)13-5-3-12(4-6-13)11-22-9-1-2-17(22)23/h3-8,10H,1-2,9,11H2,(H,21,24). The fourth-order valence-corrected chi connectivity index (χ4v) is 3.09. The Balaban J connectivity index is 1.66. The van der Waals surface area contributed by atoms with Crippen LogP contribution in [0, 0.1) is 0 Å². The Morgan fingerprint density at radius 3 is 2.50 bits per heavy atom. The number of halogens is 2. The van der Waals surface area contributed by atoms with E-state index in [0.717, 1.165) is 18.5 Å². The highest BCUT2D eigenvalue weighted by Crippen LogP contribution is 2.26. The number of likely N-dealkylation sites (tertiary alicyclic amines) is 1. The van der Waals surface area contributed by atoms with Crippen molar-refractivity contribution in [2.45, 2.75) is 19.4 Å². The third-order valence-electron chi connectivity index (χ3n) is 3.94. The molecule has 0 atom stereocenters. The van der Waals surface area contributed by atoms with Crippen LogP contribution in [0.4, 0.5) is 5.69 Å². The van der Waals surface area contributed by atoms with E-state index < -0.39 is 0 Å². The summed E-state index contributed by atoms with van der Waals surface area (Å²) >= 11 is 11.9. The minimum absolute atomic E-state index is 0.189. The summed E-state index contributed by atoms with van der Waals surface area (Å²) in [5, 5.41) is 3.66. The van der Waals surface area contributed by atoms with Gasteiger partial charge in [0.25, 0.3) is 5.91 Å². The van der Waals surface area contributed by atoms with Gasteiger partial charge in [-0.2, -0.15) is 0 Å². The van der Waals surface area contributed by atoms with Crippen molar-refractivity contribution < 1.29 is 9.59 Å². The first-order valence-corrected chi connectivity index (χ1v) is 8.41. The molecule has 1 aliphatic heterocycles. The highest BCUT2D eigenvalue weighted by Gasteiger charge is 2.20.